The second-order valence-corrected chi connectivity index (χ2v) is 21.3. The lowest BCUT2D eigenvalue weighted by Gasteiger charge is -2.46. The van der Waals surface area contributed by atoms with Crippen LogP contribution in [0.3, 0.4) is 0 Å². The fraction of sp³-hybridized carbons (Fsp3) is 0.121. The van der Waals surface area contributed by atoms with E-state index in [1.807, 2.05) is 0 Å². The van der Waals surface area contributed by atoms with Gasteiger partial charge in [-0.25, -0.2) is 0 Å². The predicted molar refractivity (Wildman–Crippen MR) is 303 cm³/mol. The number of anilines is 9. The minimum absolute atomic E-state index is 0.0760. The SMILES string of the molecule is CC(C)(C)c1ccccc1N(c1cc2c3c(c1)N(c1cccc4ccccc14)c1c(ccc4ccccc14)B3c1ccc3ccccc3c1N2c1cccc2ccccc12)c1ccccc1C(C)(C)C. The van der Waals surface area contributed by atoms with Crippen LogP contribution in [-0.4, -0.2) is 6.71 Å². The highest BCUT2D eigenvalue weighted by atomic mass is 15.2. The number of fused-ring (bicyclic) bond motifs is 10. The summed E-state index contributed by atoms with van der Waals surface area (Å²) in [5.74, 6) is 0. The Hall–Kier alpha value is -8.08. The fourth-order valence-electron chi connectivity index (χ4n) is 12.0. The molecule has 2 aliphatic rings. The fourth-order valence-corrected chi connectivity index (χ4v) is 12.0. The van der Waals surface area contributed by atoms with Crippen LogP contribution in [0.15, 0.2) is 218 Å². The Labute approximate surface area is 412 Å². The topological polar surface area (TPSA) is 9.72 Å². The van der Waals surface area contributed by atoms with E-state index in [1.165, 1.54) is 105 Å². The molecule has 0 saturated carbocycles. The van der Waals surface area contributed by atoms with E-state index in [4.69, 9.17) is 0 Å². The zero-order valence-corrected chi connectivity index (χ0v) is 40.7. The van der Waals surface area contributed by atoms with Gasteiger partial charge in [0, 0.05) is 55.7 Å². The number of nitrogens with zero attached hydrogens (tertiary/aromatic N) is 3. The molecule has 3 nitrogen and oxygen atoms in total. The van der Waals surface area contributed by atoms with E-state index < -0.39 is 0 Å². The van der Waals surface area contributed by atoms with E-state index >= 15 is 0 Å². The third-order valence-corrected chi connectivity index (χ3v) is 15.0. The molecule has 11 aromatic carbocycles. The molecule has 4 heteroatoms. The lowest BCUT2D eigenvalue weighted by molar-refractivity contribution is 0.587. The van der Waals surface area contributed by atoms with Gasteiger partial charge in [0.15, 0.2) is 0 Å². The largest absolute Gasteiger partial charge is 0.310 e. The number of hydrogen-bond donors (Lipinski definition) is 0. The third kappa shape index (κ3) is 6.43. The zero-order chi connectivity index (χ0) is 47.5. The molecular formula is C66H54BN3. The third-order valence-electron chi connectivity index (χ3n) is 15.0. The lowest BCUT2D eigenvalue weighted by atomic mass is 9.33. The molecule has 0 aromatic heterocycles. The summed E-state index contributed by atoms with van der Waals surface area (Å²) in [6, 6.07) is 82.2. The van der Waals surface area contributed by atoms with Gasteiger partial charge in [0.05, 0.1) is 17.1 Å². The molecule has 2 heterocycles. The molecule has 0 bridgehead atoms. The average Bonchev–Trinajstić information content (AvgIpc) is 3.38. The summed E-state index contributed by atoms with van der Waals surface area (Å²) in [5.41, 5.74) is 16.7. The van der Waals surface area contributed by atoms with E-state index in [0.29, 0.717) is 0 Å². The first-order valence-electron chi connectivity index (χ1n) is 24.8. The van der Waals surface area contributed by atoms with E-state index in [1.54, 1.807) is 0 Å². The first kappa shape index (κ1) is 42.1. The van der Waals surface area contributed by atoms with Crippen molar-refractivity contribution >= 4 is 117 Å². The minimum atomic E-state index is -0.154. The molecule has 0 aliphatic carbocycles. The van der Waals surface area contributed by atoms with Crippen LogP contribution in [0, 0.1) is 0 Å². The first-order chi connectivity index (χ1) is 34.0. The monoisotopic (exact) mass is 899 g/mol. The van der Waals surface area contributed by atoms with Crippen molar-refractivity contribution in [1.82, 2.24) is 0 Å². The van der Waals surface area contributed by atoms with Gasteiger partial charge >= 0.3 is 0 Å². The number of hydrogen-bond acceptors (Lipinski definition) is 3. The molecule has 0 amide bonds. The van der Waals surface area contributed by atoms with Gasteiger partial charge < -0.3 is 14.7 Å². The van der Waals surface area contributed by atoms with Crippen molar-refractivity contribution < 1.29 is 0 Å². The maximum Gasteiger partial charge on any atom is 0.252 e. The van der Waals surface area contributed by atoms with Crippen molar-refractivity contribution in [3.63, 3.8) is 0 Å². The van der Waals surface area contributed by atoms with Gasteiger partial charge in [0.2, 0.25) is 0 Å². The number of benzene rings is 11. The molecule has 0 saturated heterocycles. The van der Waals surface area contributed by atoms with E-state index in [-0.39, 0.29) is 17.5 Å². The summed E-state index contributed by atoms with van der Waals surface area (Å²) >= 11 is 0. The highest BCUT2D eigenvalue weighted by Gasteiger charge is 2.46. The van der Waals surface area contributed by atoms with E-state index in [2.05, 4.69) is 275 Å². The second-order valence-electron chi connectivity index (χ2n) is 21.3. The standard InChI is InChI=1S/C66H54BN3/c1-65(2,3)52-31-15-17-33-58(52)68(59-34-18-16-32-53(59)66(4,5)6)47-41-60-62-61(42-47)70(57-36-20-26-44-22-8-12-28-49(44)57)64-51-30-14-10-24-46(51)38-40-55(64)67(62)54-39-37-45-23-9-13-29-50(45)63(54)69(60)56-35-19-25-43-21-7-11-27-48(43)56/h7-42H,1-6H3. The van der Waals surface area contributed by atoms with Crippen molar-refractivity contribution in [2.75, 3.05) is 14.7 Å². The van der Waals surface area contributed by atoms with Gasteiger partial charge in [-0.3, -0.25) is 0 Å². The van der Waals surface area contributed by atoms with Crippen LogP contribution in [0.1, 0.15) is 52.7 Å². The maximum atomic E-state index is 2.63. The molecular weight excluding hydrogens is 846 g/mol. The zero-order valence-electron chi connectivity index (χ0n) is 40.7. The molecule has 0 radical (unpaired) electrons. The number of rotatable bonds is 5. The molecule has 2 aliphatic heterocycles. The Balaban J connectivity index is 1.26. The molecule has 70 heavy (non-hydrogen) atoms. The van der Waals surface area contributed by atoms with Gasteiger partial charge in [-0.2, -0.15) is 0 Å². The van der Waals surface area contributed by atoms with Crippen LogP contribution in [0.2, 0.25) is 0 Å². The summed E-state index contributed by atoms with van der Waals surface area (Å²) in [4.78, 5) is 7.86. The summed E-state index contributed by atoms with van der Waals surface area (Å²) in [6.45, 7) is 14.0. The Morgan fingerprint density at radius 3 is 1.13 bits per heavy atom. The molecule has 0 unspecified atom stereocenters. The van der Waals surface area contributed by atoms with Crippen molar-refractivity contribution in [2.24, 2.45) is 0 Å². The van der Waals surface area contributed by atoms with E-state index in [9.17, 15) is 0 Å². The minimum Gasteiger partial charge on any atom is -0.310 e. The average molecular weight is 900 g/mol. The summed E-state index contributed by atoms with van der Waals surface area (Å²) in [6.07, 6.45) is 0. The van der Waals surface area contributed by atoms with Crippen molar-refractivity contribution in [3.8, 4) is 0 Å². The normalized spacial score (nSPS) is 13.2. The molecule has 0 N–H and O–H groups in total. The molecule has 0 fully saturated rings. The van der Waals surface area contributed by atoms with Crippen molar-refractivity contribution in [1.29, 1.82) is 0 Å². The van der Waals surface area contributed by atoms with Gasteiger partial charge in [0.1, 0.15) is 0 Å². The van der Waals surface area contributed by atoms with Crippen LogP contribution in [0.25, 0.3) is 43.1 Å². The van der Waals surface area contributed by atoms with Crippen molar-refractivity contribution in [2.45, 2.75) is 52.4 Å². The van der Waals surface area contributed by atoms with Crippen LogP contribution < -0.4 is 31.1 Å². The quantitative estimate of drug-likeness (QED) is 0.159. The highest BCUT2D eigenvalue weighted by Crippen LogP contribution is 2.53. The highest BCUT2D eigenvalue weighted by molar-refractivity contribution is 7.00. The molecule has 13 rings (SSSR count). The van der Waals surface area contributed by atoms with Crippen LogP contribution >= 0.6 is 0 Å². The lowest BCUT2D eigenvalue weighted by Crippen LogP contribution is -2.61. The summed E-state index contributed by atoms with van der Waals surface area (Å²) in [5, 5.41) is 9.75. The Bertz CT molecular complexity index is 3650. The molecule has 0 spiro atoms. The maximum absolute atomic E-state index is 2.63. The molecule has 336 valence electrons. The molecule has 0 atom stereocenters. The smallest absolute Gasteiger partial charge is 0.252 e. The van der Waals surface area contributed by atoms with Crippen LogP contribution in [0.4, 0.5) is 51.2 Å². The van der Waals surface area contributed by atoms with Gasteiger partial charge in [0.25, 0.3) is 6.71 Å². The summed E-state index contributed by atoms with van der Waals surface area (Å²) in [7, 11) is 0. The Morgan fingerprint density at radius 2 is 0.700 bits per heavy atom. The van der Waals surface area contributed by atoms with Crippen molar-refractivity contribution in [3.05, 3.63) is 230 Å². The Morgan fingerprint density at radius 1 is 0.343 bits per heavy atom. The second kappa shape index (κ2) is 15.7. The summed E-state index contributed by atoms with van der Waals surface area (Å²) < 4.78 is 0. The Kier molecular flexibility index (Phi) is 9.45. The molecule has 11 aromatic rings. The first-order valence-corrected chi connectivity index (χ1v) is 24.8. The number of para-hydroxylation sites is 2. The van der Waals surface area contributed by atoms with E-state index in [0.717, 1.165) is 17.1 Å². The van der Waals surface area contributed by atoms with Gasteiger partial charge in [-0.05, 0) is 96.3 Å². The van der Waals surface area contributed by atoms with Gasteiger partial charge in [-0.1, -0.05) is 224 Å². The predicted octanol–water partition coefficient (Wildman–Crippen LogP) is 16.4. The van der Waals surface area contributed by atoms with Crippen LogP contribution in [0.5, 0.6) is 0 Å². The van der Waals surface area contributed by atoms with Crippen LogP contribution in [-0.2, 0) is 10.8 Å². The van der Waals surface area contributed by atoms with Gasteiger partial charge in [-0.15, -0.1) is 0 Å².